The highest BCUT2D eigenvalue weighted by atomic mass is 16.7. The number of hydrogen-bond acceptors (Lipinski definition) is 25. The van der Waals surface area contributed by atoms with E-state index in [1.807, 2.05) is 10.6 Å². The van der Waals surface area contributed by atoms with Crippen LogP contribution in [0.25, 0.3) is 0 Å². The monoisotopic (exact) mass is 1080 g/mol. The van der Waals surface area contributed by atoms with E-state index >= 15 is 0 Å². The summed E-state index contributed by atoms with van der Waals surface area (Å²) < 4.78 is 22.9. The summed E-state index contributed by atoms with van der Waals surface area (Å²) in [5.41, 5.74) is 7.43. The highest BCUT2D eigenvalue weighted by molar-refractivity contribution is 6.01. The van der Waals surface area contributed by atoms with Crippen LogP contribution < -0.4 is 44.2 Å². The number of hydrogen-bond donors (Lipinski definition) is 14. The molecule has 1 rings (SSSR count). The van der Waals surface area contributed by atoms with Crippen LogP contribution in [0.5, 0.6) is 0 Å². The van der Waals surface area contributed by atoms with Crippen LogP contribution >= 0.6 is 0 Å². The number of hydroxylamine groups is 2. The third kappa shape index (κ3) is 33.5. The Balaban J connectivity index is -0.000000450. The van der Waals surface area contributed by atoms with Crippen LogP contribution in [0.3, 0.4) is 0 Å². The number of nitrogens with two attached hydrogens (primary N) is 2. The van der Waals surface area contributed by atoms with Gasteiger partial charge in [-0.3, -0.25) is 28.8 Å². The largest absolute Gasteiger partial charge is 0.480 e. The molecule has 6 atom stereocenters. The van der Waals surface area contributed by atoms with Crippen LogP contribution in [0.15, 0.2) is 0 Å². The second-order valence-corrected chi connectivity index (χ2v) is 17.0. The number of rotatable bonds is 18. The predicted octanol–water partition coefficient (Wildman–Crippen LogP) is -5.25. The second kappa shape index (κ2) is 33.6. The molecule has 0 saturated carbocycles. The van der Waals surface area contributed by atoms with Gasteiger partial charge in [0.25, 0.3) is 11.8 Å². The maximum absolute atomic E-state index is 11.5. The van der Waals surface area contributed by atoms with Gasteiger partial charge in [0.05, 0.1) is 14.2 Å². The summed E-state index contributed by atoms with van der Waals surface area (Å²) in [5.74, 6) is -12.2. The highest BCUT2D eigenvalue weighted by Gasteiger charge is 2.36. The molecule has 0 aromatic rings. The number of carbonyl (C=O) groups excluding carboxylic acids is 11. The van der Waals surface area contributed by atoms with Crippen molar-refractivity contribution in [1.29, 1.82) is 0 Å². The maximum Gasteiger partial charge on any atom is 0.408 e. The van der Waals surface area contributed by atoms with Gasteiger partial charge in [-0.1, -0.05) is 0 Å². The Morgan fingerprint density at radius 1 is 0.554 bits per heavy atom. The lowest BCUT2D eigenvalue weighted by Crippen LogP contribution is -2.55. The molecule has 1 aliphatic heterocycles. The minimum absolute atomic E-state index is 0. The smallest absolute Gasteiger partial charge is 0.408 e. The Kier molecular flexibility index (Phi) is 32.9. The summed E-state index contributed by atoms with van der Waals surface area (Å²) in [7, 11) is 1.98. The summed E-state index contributed by atoms with van der Waals surface area (Å²) in [6, 6.07) is -5.45. The molecule has 1 heterocycles. The van der Waals surface area contributed by atoms with Crippen LogP contribution in [0.1, 0.15) is 75.2 Å². The number of nitrogens with zero attached hydrogens (tertiary/aromatic N) is 1. The third-order valence-electron chi connectivity index (χ3n) is 7.16. The number of primary amides is 1. The molecule has 8 amide bonds. The van der Waals surface area contributed by atoms with Gasteiger partial charge in [0.1, 0.15) is 42.5 Å². The summed E-state index contributed by atoms with van der Waals surface area (Å²) in [5, 5.41) is 63.8. The van der Waals surface area contributed by atoms with Gasteiger partial charge in [-0.2, -0.15) is 0 Å². The first-order valence-corrected chi connectivity index (χ1v) is 20.6. The Hall–Kier alpha value is -8.02. The quantitative estimate of drug-likeness (QED) is 0.0346. The Bertz CT molecular complexity index is 1980. The summed E-state index contributed by atoms with van der Waals surface area (Å²) in [6.07, 6.45) is -8.47. The van der Waals surface area contributed by atoms with Gasteiger partial charge in [0, 0.05) is 12.8 Å². The number of alkyl carbamates (subject to hydrolysis) is 3. The first kappa shape index (κ1) is 72.5. The second-order valence-electron chi connectivity index (χ2n) is 17.0. The summed E-state index contributed by atoms with van der Waals surface area (Å²) in [4.78, 5) is 159. The van der Waals surface area contributed by atoms with E-state index in [0.29, 0.717) is 5.06 Å². The lowest BCUT2D eigenvalue weighted by molar-refractivity contribution is -0.196. The van der Waals surface area contributed by atoms with Crippen molar-refractivity contribution in [3.63, 3.8) is 0 Å². The predicted molar refractivity (Wildman–Crippen MR) is 241 cm³/mol. The van der Waals surface area contributed by atoms with E-state index in [4.69, 9.17) is 46.1 Å². The molecule has 424 valence electrons. The number of aliphatic hydroxyl groups is 3. The van der Waals surface area contributed by atoms with E-state index in [0.717, 1.165) is 14.2 Å². The number of ether oxygens (including phenoxy) is 5. The van der Waals surface area contributed by atoms with Crippen molar-refractivity contribution in [2.24, 2.45) is 11.5 Å². The topological polar surface area (TPSA) is 566 Å². The molecule has 0 aromatic heterocycles. The molecule has 1 saturated heterocycles. The number of carbonyl (C=O) groups is 14. The van der Waals surface area contributed by atoms with E-state index in [1.54, 1.807) is 62.3 Å². The molecule has 0 aromatic carbocycles. The van der Waals surface area contributed by atoms with Gasteiger partial charge < -0.3 is 103 Å². The molecule has 18 N–H and O–H groups in total. The lowest BCUT2D eigenvalue weighted by atomic mass is 10.1. The molecule has 0 radical (unpaired) electrons. The number of methoxy groups -OCH3 is 2. The van der Waals surface area contributed by atoms with Gasteiger partial charge in [-0.15, -0.1) is 5.06 Å². The first-order valence-electron chi connectivity index (χ1n) is 20.6. The van der Waals surface area contributed by atoms with E-state index in [9.17, 15) is 77.3 Å². The third-order valence-corrected chi connectivity index (χ3v) is 7.16. The van der Waals surface area contributed by atoms with Gasteiger partial charge in [0.15, 0.2) is 30.4 Å². The molecular formula is C39H67N9O26. The average Bonchev–Trinajstić information content (AvgIpc) is 3.56. The molecule has 35 nitrogen and oxygen atoms in total. The molecule has 35 heteroatoms. The molecule has 1 fully saturated rings. The molecule has 0 unspecified atom stereocenters. The van der Waals surface area contributed by atoms with E-state index < -0.39 is 157 Å². The van der Waals surface area contributed by atoms with Gasteiger partial charge in [-0.25, -0.2) is 38.4 Å². The number of esters is 2. The normalized spacial score (nSPS) is 14.1. The van der Waals surface area contributed by atoms with Crippen LogP contribution in [0.2, 0.25) is 0 Å². The zero-order valence-corrected chi connectivity index (χ0v) is 42.2. The van der Waals surface area contributed by atoms with E-state index in [1.165, 1.54) is 0 Å². The number of aliphatic hydroxyl groups excluding tert-OH is 3. The number of aliphatic carboxylic acids is 3. The molecule has 74 heavy (non-hydrogen) atoms. The highest BCUT2D eigenvalue weighted by Crippen LogP contribution is 2.12. The number of imide groups is 1. The fraction of sp³-hybridized carbons (Fsp3) is 0.641. The maximum atomic E-state index is 11.5. The Morgan fingerprint density at radius 2 is 0.865 bits per heavy atom. The lowest BCUT2D eigenvalue weighted by Gasteiger charge is -2.20. The average molecular weight is 1080 g/mol. The summed E-state index contributed by atoms with van der Waals surface area (Å²) in [6.45, 7) is 13.1. The number of carboxylic acids is 3. The molecular weight excluding hydrogens is 1010 g/mol. The van der Waals surface area contributed by atoms with Gasteiger partial charge in [-0.05, 0) is 62.3 Å². The zero-order chi connectivity index (χ0) is 57.9. The van der Waals surface area contributed by atoms with Gasteiger partial charge in [0.2, 0.25) is 17.7 Å². The Labute approximate surface area is 421 Å². The van der Waals surface area contributed by atoms with E-state index in [2.05, 4.69) is 30.3 Å². The van der Waals surface area contributed by atoms with Crippen molar-refractivity contribution in [3.05, 3.63) is 0 Å². The minimum atomic E-state index is -2.09. The molecule has 0 aliphatic carbocycles. The fourth-order valence-corrected chi connectivity index (χ4v) is 4.01. The Morgan fingerprint density at radius 3 is 1.15 bits per heavy atom. The number of amides is 8. The van der Waals surface area contributed by atoms with E-state index in [-0.39, 0.29) is 19.0 Å². The fourth-order valence-electron chi connectivity index (χ4n) is 4.01. The number of nitrogens with one attached hydrogen (secondary N) is 5. The van der Waals surface area contributed by atoms with Gasteiger partial charge >= 0.3 is 54.1 Å². The summed E-state index contributed by atoms with van der Waals surface area (Å²) >= 11 is 0. The SMILES string of the molecule is CC(C)(C)OC(=O)NCC(=O)N[C@H](C(=O)O)[C@H](O)C(N)=O.CC(C)(C)OC(=O)NCC(=O)ON1C(=O)CCC1=O.COC(=O)[C@@H](O)[C@H](N)C(=O)O.COC(=O)[C@@H](O)[C@H](NC(=O)CNC(=O)OC(C)(C)C)C(=O)O.N. The van der Waals surface area contributed by atoms with Crippen LogP contribution in [0, 0.1) is 0 Å². The van der Waals surface area contributed by atoms with Crippen molar-refractivity contribution in [1.82, 2.24) is 37.8 Å². The molecule has 1 aliphatic rings. The zero-order valence-electron chi connectivity index (χ0n) is 42.2. The standard InChI is InChI=1S/C12H20N2O8.C11H19N3O7.C11H16N2O6.C5H9NO5.H3N/c1-12(2,3)22-11(20)13-5-6(15)14-7(9(17)18)8(16)10(19)21-4;1-11(2,3)21-10(20)13-4-5(15)14-6(9(18)19)7(16)8(12)17;1-11(2,3)18-10(17)12-6-9(16)19-13-7(14)4-5-8(13)15;1-11-5(10)3(7)2(6)4(8)9;/h7-8,16H,5H2,1-4H3,(H,13,20)(H,14,15)(H,17,18);6-7,16H,4H2,1-3H3,(H2,12,17)(H,13,20)(H,14,15)(H,18,19);4-6H2,1-3H3,(H,12,17);2-3,7H,6H2,1H3,(H,8,9);1H3/t7-,8-;6-,7-;;2-,3-;/m00.0./s1. The van der Waals surface area contributed by atoms with Crippen LogP contribution in [0.4, 0.5) is 14.4 Å². The van der Waals surface area contributed by atoms with Crippen LogP contribution in [-0.4, -0.2) is 206 Å². The van der Waals surface area contributed by atoms with Crippen molar-refractivity contribution >= 4 is 83.6 Å². The van der Waals surface area contributed by atoms with Crippen molar-refractivity contribution in [3.8, 4) is 0 Å². The van der Waals surface area contributed by atoms with Crippen molar-refractivity contribution < 1.29 is 126 Å². The number of carboxylic acid groups (broad SMARTS) is 3. The van der Waals surface area contributed by atoms with Crippen LogP contribution in [-0.2, 0) is 81.3 Å². The molecule has 0 spiro atoms. The first-order chi connectivity index (χ1) is 33.1. The minimum Gasteiger partial charge on any atom is -0.480 e. The molecule has 0 bridgehead atoms. The van der Waals surface area contributed by atoms with Crippen molar-refractivity contribution in [2.75, 3.05) is 33.9 Å². The van der Waals surface area contributed by atoms with Crippen molar-refractivity contribution in [2.45, 2.75) is 128 Å².